The second-order valence-corrected chi connectivity index (χ2v) is 5.42. The molecule has 102 valence electrons. The highest BCUT2D eigenvalue weighted by molar-refractivity contribution is 6.01. The van der Waals surface area contributed by atoms with Crippen LogP contribution in [0.25, 0.3) is 0 Å². The van der Waals surface area contributed by atoms with Crippen molar-refractivity contribution in [3.63, 3.8) is 0 Å². The molecule has 0 aliphatic carbocycles. The quantitative estimate of drug-likeness (QED) is 0.869. The summed E-state index contributed by atoms with van der Waals surface area (Å²) in [4.78, 5) is 14.1. The van der Waals surface area contributed by atoms with Crippen molar-refractivity contribution in [2.45, 2.75) is 31.7 Å². The Morgan fingerprint density at radius 1 is 1.42 bits per heavy atom. The fraction of sp³-hybridized carbons (Fsp3) is 0.533. The Hall–Kier alpha value is -1.55. The van der Waals surface area contributed by atoms with Crippen molar-refractivity contribution in [2.24, 2.45) is 0 Å². The molecule has 1 atom stereocenters. The maximum Gasteiger partial charge on any atom is 0.231 e. The first-order valence-corrected chi connectivity index (χ1v) is 7.12. The lowest BCUT2D eigenvalue weighted by molar-refractivity contribution is -0.117. The van der Waals surface area contributed by atoms with E-state index in [2.05, 4.69) is 22.8 Å². The Labute approximate surface area is 114 Å². The van der Waals surface area contributed by atoms with Crippen LogP contribution in [0.15, 0.2) is 18.2 Å². The Bertz CT molecular complexity index is 480. The van der Waals surface area contributed by atoms with Gasteiger partial charge in [-0.3, -0.25) is 4.79 Å². The Balaban J connectivity index is 1.78. The molecule has 19 heavy (non-hydrogen) atoms. The van der Waals surface area contributed by atoms with Crippen LogP contribution in [0.4, 0.5) is 11.4 Å². The minimum atomic E-state index is 0.232. The first-order valence-electron chi connectivity index (χ1n) is 7.12. The smallest absolute Gasteiger partial charge is 0.231 e. The van der Waals surface area contributed by atoms with Gasteiger partial charge in [0.1, 0.15) is 0 Å². The number of hydrogen-bond acceptors (Lipinski definition) is 3. The molecule has 1 fully saturated rings. The summed E-state index contributed by atoms with van der Waals surface area (Å²) in [5.74, 6) is 0.232. The fourth-order valence-corrected chi connectivity index (χ4v) is 3.04. The number of benzene rings is 1. The van der Waals surface area contributed by atoms with E-state index in [1.807, 2.05) is 18.0 Å². The van der Waals surface area contributed by atoms with Gasteiger partial charge in [-0.1, -0.05) is 6.42 Å². The van der Waals surface area contributed by atoms with Gasteiger partial charge < -0.3 is 15.5 Å². The number of carbonyl (C=O) groups excluding carboxylic acids is 1. The molecule has 1 aromatic carbocycles. The molecule has 2 aliphatic heterocycles. The third-order valence-electron chi connectivity index (χ3n) is 4.12. The van der Waals surface area contributed by atoms with E-state index in [1.54, 1.807) is 0 Å². The molecule has 2 N–H and O–H groups in total. The minimum absolute atomic E-state index is 0.232. The number of amides is 1. The fourth-order valence-electron chi connectivity index (χ4n) is 3.04. The molecule has 3 rings (SSSR count). The Morgan fingerprint density at radius 3 is 3.05 bits per heavy atom. The average molecular weight is 259 g/mol. The van der Waals surface area contributed by atoms with Crippen LogP contribution in [0.2, 0.25) is 0 Å². The van der Waals surface area contributed by atoms with Crippen LogP contribution in [0.1, 0.15) is 24.8 Å². The number of nitrogens with zero attached hydrogens (tertiary/aromatic N) is 1. The van der Waals surface area contributed by atoms with Gasteiger partial charge in [-0.2, -0.15) is 0 Å². The molecule has 0 aromatic heterocycles. The molecule has 0 radical (unpaired) electrons. The highest BCUT2D eigenvalue weighted by atomic mass is 16.2. The minimum Gasteiger partial charge on any atom is -0.388 e. The number of anilines is 2. The van der Waals surface area contributed by atoms with Gasteiger partial charge in [0.05, 0.1) is 6.42 Å². The molecular weight excluding hydrogens is 238 g/mol. The van der Waals surface area contributed by atoms with E-state index in [1.165, 1.54) is 19.3 Å². The molecule has 2 heterocycles. The van der Waals surface area contributed by atoms with Gasteiger partial charge in [0.2, 0.25) is 5.91 Å². The second kappa shape index (κ2) is 5.21. The molecule has 1 amide bonds. The van der Waals surface area contributed by atoms with Crippen molar-refractivity contribution < 1.29 is 4.79 Å². The molecule has 2 aliphatic rings. The third kappa shape index (κ3) is 2.45. The van der Waals surface area contributed by atoms with E-state index in [0.29, 0.717) is 12.5 Å². The first-order chi connectivity index (χ1) is 9.28. The van der Waals surface area contributed by atoms with Gasteiger partial charge in [-0.05, 0) is 43.1 Å². The van der Waals surface area contributed by atoms with Gasteiger partial charge in [-0.15, -0.1) is 0 Å². The molecule has 1 unspecified atom stereocenters. The van der Waals surface area contributed by atoms with E-state index in [0.717, 1.165) is 30.0 Å². The van der Waals surface area contributed by atoms with Gasteiger partial charge in [0.25, 0.3) is 0 Å². The van der Waals surface area contributed by atoms with Crippen molar-refractivity contribution in [2.75, 3.05) is 30.4 Å². The van der Waals surface area contributed by atoms with E-state index >= 15 is 0 Å². The first kappa shape index (κ1) is 12.5. The highest BCUT2D eigenvalue weighted by Gasteiger charge is 2.29. The largest absolute Gasteiger partial charge is 0.388 e. The number of piperidine rings is 1. The molecule has 4 heteroatoms. The third-order valence-corrected chi connectivity index (χ3v) is 4.12. The predicted octanol–water partition coefficient (Wildman–Crippen LogP) is 1.76. The molecule has 0 spiro atoms. The molecule has 1 aromatic rings. The Kier molecular flexibility index (Phi) is 3.42. The number of fused-ring (bicyclic) bond motifs is 1. The van der Waals surface area contributed by atoms with E-state index in [9.17, 15) is 4.79 Å². The van der Waals surface area contributed by atoms with Crippen LogP contribution in [0, 0.1) is 0 Å². The van der Waals surface area contributed by atoms with Crippen LogP contribution in [-0.2, 0) is 11.2 Å². The van der Waals surface area contributed by atoms with E-state index in [-0.39, 0.29) is 5.91 Å². The van der Waals surface area contributed by atoms with Crippen LogP contribution in [-0.4, -0.2) is 32.1 Å². The topological polar surface area (TPSA) is 44.4 Å². The molecule has 0 bridgehead atoms. The van der Waals surface area contributed by atoms with Crippen molar-refractivity contribution in [1.29, 1.82) is 0 Å². The van der Waals surface area contributed by atoms with Crippen molar-refractivity contribution in [3.8, 4) is 0 Å². The maximum absolute atomic E-state index is 12.2. The molecule has 0 saturated carbocycles. The van der Waals surface area contributed by atoms with Crippen LogP contribution in [0.5, 0.6) is 0 Å². The monoisotopic (exact) mass is 259 g/mol. The summed E-state index contributed by atoms with van der Waals surface area (Å²) in [6.45, 7) is 1.89. The number of nitrogens with one attached hydrogen (secondary N) is 2. The van der Waals surface area contributed by atoms with Crippen molar-refractivity contribution in [3.05, 3.63) is 23.8 Å². The zero-order valence-electron chi connectivity index (χ0n) is 11.4. The summed E-state index contributed by atoms with van der Waals surface area (Å²) in [5.41, 5.74) is 3.31. The van der Waals surface area contributed by atoms with Crippen molar-refractivity contribution in [1.82, 2.24) is 5.32 Å². The lowest BCUT2D eigenvalue weighted by Crippen LogP contribution is -2.44. The summed E-state index contributed by atoms with van der Waals surface area (Å²) in [6.07, 6.45) is 4.24. The summed E-state index contributed by atoms with van der Waals surface area (Å²) < 4.78 is 0. The van der Waals surface area contributed by atoms with Crippen LogP contribution >= 0.6 is 0 Å². The summed E-state index contributed by atoms with van der Waals surface area (Å²) >= 11 is 0. The SMILES string of the molecule is CNc1ccc2c(c1)CC(=O)N2CC1CCCCN1. The lowest BCUT2D eigenvalue weighted by atomic mass is 10.0. The van der Waals surface area contributed by atoms with Gasteiger partial charge in [0, 0.05) is 31.0 Å². The molecule has 1 saturated heterocycles. The molecular formula is C15H21N3O. The average Bonchev–Trinajstić information content (AvgIpc) is 2.75. The molecule has 4 nitrogen and oxygen atoms in total. The maximum atomic E-state index is 12.2. The van der Waals surface area contributed by atoms with Gasteiger partial charge >= 0.3 is 0 Å². The summed E-state index contributed by atoms with van der Waals surface area (Å²) in [6, 6.07) is 6.64. The summed E-state index contributed by atoms with van der Waals surface area (Å²) in [7, 11) is 1.90. The number of carbonyl (C=O) groups is 1. The standard InChI is InChI=1S/C15H21N3O/c1-16-12-5-6-14-11(8-12)9-15(19)18(14)10-13-4-2-3-7-17-13/h5-6,8,13,16-17H,2-4,7,9-10H2,1H3. The van der Waals surface area contributed by atoms with E-state index in [4.69, 9.17) is 0 Å². The van der Waals surface area contributed by atoms with Crippen LogP contribution in [0.3, 0.4) is 0 Å². The van der Waals surface area contributed by atoms with E-state index < -0.39 is 0 Å². The predicted molar refractivity (Wildman–Crippen MR) is 77.7 cm³/mol. The highest BCUT2D eigenvalue weighted by Crippen LogP contribution is 2.31. The van der Waals surface area contributed by atoms with Crippen LogP contribution < -0.4 is 15.5 Å². The van der Waals surface area contributed by atoms with Gasteiger partial charge in [-0.25, -0.2) is 0 Å². The number of rotatable bonds is 3. The normalized spacial score (nSPS) is 22.5. The second-order valence-electron chi connectivity index (χ2n) is 5.42. The summed E-state index contributed by atoms with van der Waals surface area (Å²) in [5, 5.41) is 6.64. The zero-order valence-corrected chi connectivity index (χ0v) is 11.4. The van der Waals surface area contributed by atoms with Gasteiger partial charge in [0.15, 0.2) is 0 Å². The Morgan fingerprint density at radius 2 is 2.32 bits per heavy atom. The lowest BCUT2D eigenvalue weighted by Gasteiger charge is -2.28. The number of hydrogen-bond donors (Lipinski definition) is 2. The van der Waals surface area contributed by atoms with Crippen molar-refractivity contribution >= 4 is 17.3 Å². The zero-order chi connectivity index (χ0) is 13.2.